The molecule has 0 saturated carbocycles. The van der Waals surface area contributed by atoms with Crippen molar-refractivity contribution in [2.24, 2.45) is 0 Å². The summed E-state index contributed by atoms with van der Waals surface area (Å²) in [5.41, 5.74) is 3.79. The van der Waals surface area contributed by atoms with Gasteiger partial charge in [0, 0.05) is 28.4 Å². The highest BCUT2D eigenvalue weighted by atomic mass is 16.1. The van der Waals surface area contributed by atoms with Gasteiger partial charge in [0.25, 0.3) is 0 Å². The number of hydrogen-bond donors (Lipinski definition) is 0. The van der Waals surface area contributed by atoms with E-state index in [1.807, 2.05) is 55.6 Å². The summed E-state index contributed by atoms with van der Waals surface area (Å²) in [5.74, 6) is 0. The minimum atomic E-state index is 0.677. The van der Waals surface area contributed by atoms with Gasteiger partial charge in [-0.05, 0) is 25.1 Å². The van der Waals surface area contributed by atoms with Crippen LogP contribution in [0.1, 0.15) is 21.7 Å². The number of aldehydes is 1. The Morgan fingerprint density at radius 3 is 2.79 bits per heavy atom. The van der Waals surface area contributed by atoms with Crippen LogP contribution in [0.25, 0.3) is 10.9 Å². The van der Waals surface area contributed by atoms with Gasteiger partial charge in [0.2, 0.25) is 0 Å². The fraction of sp³-hybridized carbons (Fsp3) is 0.125. The van der Waals surface area contributed by atoms with Gasteiger partial charge in [-0.2, -0.15) is 0 Å². The maximum atomic E-state index is 11.1. The van der Waals surface area contributed by atoms with E-state index in [2.05, 4.69) is 9.55 Å². The van der Waals surface area contributed by atoms with Gasteiger partial charge in [-0.3, -0.25) is 9.78 Å². The second kappa shape index (κ2) is 4.69. The van der Waals surface area contributed by atoms with Crippen molar-refractivity contribution in [3.8, 4) is 0 Å². The summed E-state index contributed by atoms with van der Waals surface area (Å²) in [6.07, 6.45) is 2.80. The zero-order valence-electron chi connectivity index (χ0n) is 10.7. The average Bonchev–Trinajstić information content (AvgIpc) is 2.77. The predicted octanol–water partition coefficient (Wildman–Crippen LogP) is 3.21. The number of hydrogen-bond acceptors (Lipinski definition) is 2. The van der Waals surface area contributed by atoms with Crippen molar-refractivity contribution in [2.45, 2.75) is 13.5 Å². The first-order valence-corrected chi connectivity index (χ1v) is 6.23. The molecule has 0 amide bonds. The Morgan fingerprint density at radius 2 is 2.00 bits per heavy atom. The quantitative estimate of drug-likeness (QED) is 0.669. The third kappa shape index (κ3) is 2.15. The minimum absolute atomic E-state index is 0.677. The standard InChI is InChI=1S/C16H14N2O/c1-12-5-4-6-14(17-12)10-18-9-13(11-19)15-7-2-3-8-16(15)18/h2-9,11H,10H2,1H3. The predicted molar refractivity (Wildman–Crippen MR) is 75.4 cm³/mol. The van der Waals surface area contributed by atoms with Gasteiger partial charge in [-0.15, -0.1) is 0 Å². The number of fused-ring (bicyclic) bond motifs is 1. The first kappa shape index (κ1) is 11.7. The number of pyridine rings is 1. The van der Waals surface area contributed by atoms with E-state index in [1.165, 1.54) is 0 Å². The SMILES string of the molecule is Cc1cccc(Cn2cc(C=O)c3ccccc32)n1. The molecule has 0 radical (unpaired) electrons. The summed E-state index contributed by atoms with van der Waals surface area (Å²) in [6, 6.07) is 13.9. The van der Waals surface area contributed by atoms with Gasteiger partial charge in [-0.1, -0.05) is 24.3 Å². The van der Waals surface area contributed by atoms with Gasteiger partial charge < -0.3 is 4.57 Å². The molecule has 3 rings (SSSR count). The van der Waals surface area contributed by atoms with Crippen LogP contribution in [0.3, 0.4) is 0 Å². The molecule has 0 aliphatic heterocycles. The van der Waals surface area contributed by atoms with Gasteiger partial charge in [-0.25, -0.2) is 0 Å². The zero-order chi connectivity index (χ0) is 13.2. The summed E-state index contributed by atoms with van der Waals surface area (Å²) in [5, 5.41) is 0.991. The lowest BCUT2D eigenvalue weighted by atomic mass is 10.2. The Kier molecular flexibility index (Phi) is 2.88. The number of aromatic nitrogens is 2. The van der Waals surface area contributed by atoms with Crippen molar-refractivity contribution >= 4 is 17.2 Å². The lowest BCUT2D eigenvalue weighted by molar-refractivity contribution is 0.112. The van der Waals surface area contributed by atoms with Crippen molar-refractivity contribution in [1.82, 2.24) is 9.55 Å². The van der Waals surface area contributed by atoms with Crippen LogP contribution in [-0.4, -0.2) is 15.8 Å². The molecule has 2 heterocycles. The van der Waals surface area contributed by atoms with Crippen LogP contribution in [0.5, 0.6) is 0 Å². The van der Waals surface area contributed by atoms with Crippen LogP contribution in [0.15, 0.2) is 48.7 Å². The van der Waals surface area contributed by atoms with Crippen LogP contribution >= 0.6 is 0 Å². The monoisotopic (exact) mass is 250 g/mol. The van der Waals surface area contributed by atoms with E-state index in [0.717, 1.165) is 34.1 Å². The molecular formula is C16H14N2O. The Balaban J connectivity index is 2.08. The summed E-state index contributed by atoms with van der Waals surface area (Å²) in [6.45, 7) is 2.66. The first-order valence-electron chi connectivity index (χ1n) is 6.23. The maximum absolute atomic E-state index is 11.1. The third-order valence-corrected chi connectivity index (χ3v) is 3.22. The lowest BCUT2D eigenvalue weighted by Gasteiger charge is -2.05. The summed E-state index contributed by atoms with van der Waals surface area (Å²) < 4.78 is 2.07. The average molecular weight is 250 g/mol. The van der Waals surface area contributed by atoms with Gasteiger partial charge in [0.05, 0.1) is 12.2 Å². The van der Waals surface area contributed by atoms with Gasteiger partial charge in [0.15, 0.2) is 6.29 Å². The van der Waals surface area contributed by atoms with E-state index in [4.69, 9.17) is 0 Å². The number of para-hydroxylation sites is 1. The molecule has 0 aliphatic carbocycles. The molecule has 3 heteroatoms. The van der Waals surface area contributed by atoms with E-state index in [-0.39, 0.29) is 0 Å². The molecule has 2 aromatic heterocycles. The molecular weight excluding hydrogens is 236 g/mol. The molecule has 0 N–H and O–H groups in total. The number of carbonyl (C=O) groups excluding carboxylic acids is 1. The van der Waals surface area contributed by atoms with E-state index >= 15 is 0 Å². The van der Waals surface area contributed by atoms with Gasteiger partial charge >= 0.3 is 0 Å². The Morgan fingerprint density at radius 1 is 1.16 bits per heavy atom. The molecule has 1 aromatic carbocycles. The van der Waals surface area contributed by atoms with E-state index < -0.39 is 0 Å². The largest absolute Gasteiger partial charge is 0.341 e. The molecule has 19 heavy (non-hydrogen) atoms. The highest BCUT2D eigenvalue weighted by Crippen LogP contribution is 2.20. The van der Waals surface area contributed by atoms with Crippen LogP contribution < -0.4 is 0 Å². The summed E-state index contributed by atoms with van der Waals surface area (Å²) in [4.78, 5) is 15.6. The molecule has 0 unspecified atom stereocenters. The normalized spacial score (nSPS) is 10.8. The summed E-state index contributed by atoms with van der Waals surface area (Å²) in [7, 11) is 0. The van der Waals surface area contributed by atoms with Crippen molar-refractivity contribution in [1.29, 1.82) is 0 Å². The van der Waals surface area contributed by atoms with E-state index in [1.54, 1.807) is 0 Å². The smallest absolute Gasteiger partial charge is 0.152 e. The number of nitrogens with zero attached hydrogens (tertiary/aromatic N) is 2. The fourth-order valence-corrected chi connectivity index (χ4v) is 2.36. The number of carbonyl (C=O) groups is 1. The van der Waals surface area contributed by atoms with Crippen LogP contribution in [-0.2, 0) is 6.54 Å². The van der Waals surface area contributed by atoms with Crippen molar-refractivity contribution in [3.05, 3.63) is 65.6 Å². The van der Waals surface area contributed by atoms with Crippen molar-refractivity contribution in [3.63, 3.8) is 0 Å². The van der Waals surface area contributed by atoms with E-state index in [9.17, 15) is 4.79 Å². The number of rotatable bonds is 3. The van der Waals surface area contributed by atoms with Gasteiger partial charge in [0.1, 0.15) is 0 Å². The van der Waals surface area contributed by atoms with Crippen LogP contribution in [0.2, 0.25) is 0 Å². The Bertz CT molecular complexity index is 743. The molecule has 3 aromatic rings. The topological polar surface area (TPSA) is 34.9 Å². The molecule has 0 spiro atoms. The molecule has 0 fully saturated rings. The molecule has 0 saturated heterocycles. The fourth-order valence-electron chi connectivity index (χ4n) is 2.36. The lowest BCUT2D eigenvalue weighted by Crippen LogP contribution is -2.00. The van der Waals surface area contributed by atoms with Crippen LogP contribution in [0.4, 0.5) is 0 Å². The van der Waals surface area contributed by atoms with E-state index in [0.29, 0.717) is 6.54 Å². The van der Waals surface area contributed by atoms with Crippen LogP contribution in [0, 0.1) is 6.92 Å². The molecule has 0 aliphatic rings. The number of benzene rings is 1. The molecule has 94 valence electrons. The van der Waals surface area contributed by atoms with Crippen molar-refractivity contribution < 1.29 is 4.79 Å². The highest BCUT2D eigenvalue weighted by molar-refractivity contribution is 5.97. The third-order valence-electron chi connectivity index (χ3n) is 3.22. The molecule has 3 nitrogen and oxygen atoms in total. The first-order chi connectivity index (χ1) is 9.28. The molecule has 0 bridgehead atoms. The minimum Gasteiger partial charge on any atom is -0.341 e. The number of aryl methyl sites for hydroxylation is 1. The highest BCUT2D eigenvalue weighted by Gasteiger charge is 2.07. The second-order valence-electron chi connectivity index (χ2n) is 4.62. The van der Waals surface area contributed by atoms with Crippen molar-refractivity contribution in [2.75, 3.05) is 0 Å². The second-order valence-corrected chi connectivity index (χ2v) is 4.62. The summed E-state index contributed by atoms with van der Waals surface area (Å²) >= 11 is 0. The Labute approximate surface area is 111 Å². The Hall–Kier alpha value is -2.42. The maximum Gasteiger partial charge on any atom is 0.152 e. The zero-order valence-corrected chi connectivity index (χ0v) is 10.7. The molecule has 0 atom stereocenters.